The zero-order chi connectivity index (χ0) is 16.6. The fraction of sp³-hybridized carbons (Fsp3) is 0.400. The molecule has 2 aliphatic heterocycles. The van der Waals surface area contributed by atoms with Crippen molar-refractivity contribution in [2.24, 2.45) is 0 Å². The average molecular weight is 320 g/mol. The number of hydrogen-bond donors (Lipinski definition) is 1. The van der Waals surface area contributed by atoms with Crippen LogP contribution >= 0.6 is 0 Å². The highest BCUT2D eigenvalue weighted by Gasteiger charge is 2.42. The van der Waals surface area contributed by atoms with Crippen LogP contribution in [-0.4, -0.2) is 71.8 Å². The first-order chi connectivity index (χ1) is 11.0. The molecule has 0 aromatic heterocycles. The number of rotatable bonds is 1. The van der Waals surface area contributed by atoms with E-state index in [-0.39, 0.29) is 24.9 Å². The van der Waals surface area contributed by atoms with E-state index in [0.717, 1.165) is 0 Å². The Morgan fingerprint density at radius 1 is 1.30 bits per heavy atom. The minimum Gasteiger partial charge on any atom is -0.335 e. The maximum atomic E-state index is 13.2. The van der Waals surface area contributed by atoms with Crippen molar-refractivity contribution in [2.75, 3.05) is 38.5 Å². The van der Waals surface area contributed by atoms with Crippen LogP contribution in [0.1, 0.15) is 0 Å². The first kappa shape index (κ1) is 15.3. The third-order valence-corrected chi connectivity index (χ3v) is 4.10. The molecule has 2 saturated heterocycles. The lowest BCUT2D eigenvalue weighted by atomic mass is 10.1. The van der Waals surface area contributed by atoms with Gasteiger partial charge in [0.15, 0.2) is 0 Å². The van der Waals surface area contributed by atoms with Gasteiger partial charge in [-0.15, -0.1) is 0 Å². The molecule has 3 rings (SSSR count). The van der Waals surface area contributed by atoms with Crippen LogP contribution in [0.2, 0.25) is 0 Å². The number of benzene rings is 1. The molecule has 0 spiro atoms. The summed E-state index contributed by atoms with van der Waals surface area (Å²) in [6, 6.07) is 4.53. The topological polar surface area (TPSA) is 73.0 Å². The van der Waals surface area contributed by atoms with Crippen LogP contribution in [0.4, 0.5) is 14.9 Å². The number of nitrogens with zero attached hydrogens (tertiary/aromatic N) is 3. The summed E-state index contributed by atoms with van der Waals surface area (Å²) in [6.07, 6.45) is 0. The van der Waals surface area contributed by atoms with Crippen molar-refractivity contribution in [3.63, 3.8) is 0 Å². The Labute approximate surface area is 132 Å². The van der Waals surface area contributed by atoms with E-state index in [9.17, 15) is 18.8 Å². The van der Waals surface area contributed by atoms with Gasteiger partial charge in [-0.25, -0.2) is 9.18 Å². The second-order valence-corrected chi connectivity index (χ2v) is 5.68. The van der Waals surface area contributed by atoms with E-state index >= 15 is 0 Å². The summed E-state index contributed by atoms with van der Waals surface area (Å²) < 4.78 is 13.2. The van der Waals surface area contributed by atoms with Gasteiger partial charge in [-0.1, -0.05) is 6.07 Å². The molecular weight excluding hydrogens is 303 g/mol. The van der Waals surface area contributed by atoms with Gasteiger partial charge in [-0.3, -0.25) is 9.59 Å². The first-order valence-corrected chi connectivity index (χ1v) is 7.31. The molecule has 8 heteroatoms. The lowest BCUT2D eigenvalue weighted by molar-refractivity contribution is -0.157. The largest absolute Gasteiger partial charge is 0.335 e. The number of anilines is 1. The van der Waals surface area contributed by atoms with Crippen molar-refractivity contribution in [2.45, 2.75) is 6.04 Å². The Hall–Kier alpha value is -2.64. The Balaban J connectivity index is 1.69. The van der Waals surface area contributed by atoms with Crippen LogP contribution in [0.25, 0.3) is 0 Å². The maximum Gasteiger partial charge on any atom is 0.321 e. The van der Waals surface area contributed by atoms with Gasteiger partial charge in [-0.05, 0) is 18.2 Å². The van der Waals surface area contributed by atoms with E-state index < -0.39 is 17.9 Å². The average Bonchev–Trinajstić information content (AvgIpc) is 2.52. The van der Waals surface area contributed by atoms with Crippen molar-refractivity contribution in [3.05, 3.63) is 30.1 Å². The summed E-state index contributed by atoms with van der Waals surface area (Å²) in [6.45, 7) is 0.862. The molecule has 7 nitrogen and oxygen atoms in total. The number of amides is 4. The molecule has 0 radical (unpaired) electrons. The van der Waals surface area contributed by atoms with Gasteiger partial charge in [0.1, 0.15) is 11.9 Å². The highest BCUT2D eigenvalue weighted by Crippen LogP contribution is 2.18. The Bertz CT molecular complexity index is 666. The van der Waals surface area contributed by atoms with Crippen LogP contribution in [0.5, 0.6) is 0 Å². The molecule has 1 atom stereocenters. The summed E-state index contributed by atoms with van der Waals surface area (Å²) in [5.41, 5.74) is 0.348. The summed E-state index contributed by atoms with van der Waals surface area (Å²) in [5.74, 6) is -0.725. The van der Waals surface area contributed by atoms with Crippen LogP contribution in [0.3, 0.4) is 0 Å². The van der Waals surface area contributed by atoms with Gasteiger partial charge in [0.25, 0.3) is 0 Å². The molecule has 0 unspecified atom stereocenters. The Kier molecular flexibility index (Phi) is 3.89. The smallest absolute Gasteiger partial charge is 0.321 e. The van der Waals surface area contributed by atoms with Crippen molar-refractivity contribution in [1.29, 1.82) is 0 Å². The van der Waals surface area contributed by atoms with E-state index in [1.807, 2.05) is 0 Å². The van der Waals surface area contributed by atoms with Crippen LogP contribution < -0.4 is 5.32 Å². The van der Waals surface area contributed by atoms with E-state index in [1.54, 1.807) is 13.1 Å². The van der Waals surface area contributed by atoms with Gasteiger partial charge < -0.3 is 20.0 Å². The van der Waals surface area contributed by atoms with Crippen molar-refractivity contribution >= 4 is 23.5 Å². The zero-order valence-electron chi connectivity index (χ0n) is 12.7. The maximum absolute atomic E-state index is 13.2. The van der Waals surface area contributed by atoms with E-state index in [0.29, 0.717) is 18.8 Å². The second-order valence-electron chi connectivity index (χ2n) is 5.68. The number of nitrogens with one attached hydrogen (secondary N) is 1. The number of likely N-dealkylation sites (N-methyl/N-ethyl adjacent to an activating group) is 1. The quantitative estimate of drug-likeness (QED) is 0.811. The van der Waals surface area contributed by atoms with E-state index in [4.69, 9.17) is 0 Å². The Morgan fingerprint density at radius 2 is 2.09 bits per heavy atom. The SMILES string of the molecule is CN1CC(=O)N2CCN(C(=O)Nc3cccc(F)c3)C[C@@H]2C1=O. The molecule has 122 valence electrons. The number of halogens is 1. The van der Waals surface area contributed by atoms with Crippen molar-refractivity contribution in [3.8, 4) is 0 Å². The molecule has 23 heavy (non-hydrogen) atoms. The molecule has 1 aromatic rings. The number of fused-ring (bicyclic) bond motifs is 1. The van der Waals surface area contributed by atoms with Gasteiger partial charge in [-0.2, -0.15) is 0 Å². The molecule has 4 amide bonds. The molecule has 1 aromatic carbocycles. The molecule has 0 aliphatic carbocycles. The minimum atomic E-state index is -0.645. The van der Waals surface area contributed by atoms with Gasteiger partial charge >= 0.3 is 6.03 Å². The van der Waals surface area contributed by atoms with Gasteiger partial charge in [0.2, 0.25) is 11.8 Å². The number of carbonyl (C=O) groups excluding carboxylic acids is 3. The van der Waals surface area contributed by atoms with Crippen LogP contribution in [0.15, 0.2) is 24.3 Å². The number of carbonyl (C=O) groups is 3. The standard InChI is InChI=1S/C15H17FN4O3/c1-18-9-13(21)20-6-5-19(8-12(20)14(18)22)15(23)17-11-4-2-3-10(16)7-11/h2-4,7,12H,5-6,8-9H2,1H3,(H,17,23)/t12-/m1/s1. The monoisotopic (exact) mass is 320 g/mol. The van der Waals surface area contributed by atoms with Gasteiger partial charge in [0.05, 0.1) is 13.1 Å². The van der Waals surface area contributed by atoms with E-state index in [1.165, 1.54) is 32.9 Å². The highest BCUT2D eigenvalue weighted by atomic mass is 19.1. The molecule has 2 heterocycles. The molecular formula is C15H17FN4O3. The summed E-state index contributed by atoms with van der Waals surface area (Å²) in [4.78, 5) is 40.8. The number of urea groups is 1. The highest BCUT2D eigenvalue weighted by molar-refractivity contribution is 5.96. The molecule has 0 saturated carbocycles. The second kappa shape index (κ2) is 5.86. The fourth-order valence-corrected chi connectivity index (χ4v) is 2.87. The molecule has 0 bridgehead atoms. The predicted octanol–water partition coefficient (Wildman–Crippen LogP) is 0.342. The Morgan fingerprint density at radius 3 is 2.83 bits per heavy atom. The van der Waals surface area contributed by atoms with E-state index in [2.05, 4.69) is 5.32 Å². The molecule has 2 aliphatic rings. The van der Waals surface area contributed by atoms with Crippen LogP contribution in [-0.2, 0) is 9.59 Å². The van der Waals surface area contributed by atoms with Crippen molar-refractivity contribution < 1.29 is 18.8 Å². The molecule has 2 fully saturated rings. The predicted molar refractivity (Wildman–Crippen MR) is 80.1 cm³/mol. The summed E-state index contributed by atoms with van der Waals surface area (Å²) >= 11 is 0. The van der Waals surface area contributed by atoms with Crippen molar-refractivity contribution in [1.82, 2.24) is 14.7 Å². The van der Waals surface area contributed by atoms with Crippen LogP contribution in [0, 0.1) is 5.82 Å². The number of piperazine rings is 2. The lowest BCUT2D eigenvalue weighted by Crippen LogP contribution is -2.67. The third kappa shape index (κ3) is 2.96. The summed E-state index contributed by atoms with van der Waals surface area (Å²) in [7, 11) is 1.57. The fourth-order valence-electron chi connectivity index (χ4n) is 2.87. The molecule has 1 N–H and O–H groups in total. The van der Waals surface area contributed by atoms with Gasteiger partial charge in [0, 0.05) is 25.8 Å². The zero-order valence-corrected chi connectivity index (χ0v) is 12.7. The number of hydrogen-bond acceptors (Lipinski definition) is 3. The lowest BCUT2D eigenvalue weighted by Gasteiger charge is -2.45. The summed E-state index contributed by atoms with van der Waals surface area (Å²) in [5, 5.41) is 2.60. The normalized spacial score (nSPS) is 21.3. The first-order valence-electron chi connectivity index (χ1n) is 7.31. The third-order valence-electron chi connectivity index (χ3n) is 4.10. The minimum absolute atomic E-state index is 0.0742.